The molecule has 0 aliphatic carbocycles. The second-order valence-electron chi connectivity index (χ2n) is 6.16. The van der Waals surface area contributed by atoms with Crippen LogP contribution in [0.5, 0.6) is 11.5 Å². The molecule has 1 unspecified atom stereocenters. The van der Waals surface area contributed by atoms with Crippen molar-refractivity contribution in [3.63, 3.8) is 0 Å². The van der Waals surface area contributed by atoms with Crippen LogP contribution in [0.3, 0.4) is 0 Å². The minimum absolute atomic E-state index is 0.0529. The number of hydrogen-bond donors (Lipinski definition) is 1. The van der Waals surface area contributed by atoms with Gasteiger partial charge in [0.15, 0.2) is 0 Å². The quantitative estimate of drug-likeness (QED) is 0.673. The summed E-state index contributed by atoms with van der Waals surface area (Å²) in [5, 5.41) is 10.7. The van der Waals surface area contributed by atoms with Crippen LogP contribution in [0, 0.1) is 6.92 Å². The number of rotatable bonds is 3. The number of allylic oxidation sites excluding steroid dienone is 2. The van der Waals surface area contributed by atoms with Crippen LogP contribution in [0.15, 0.2) is 12.2 Å². The van der Waals surface area contributed by atoms with Crippen molar-refractivity contribution >= 4 is 11.9 Å². The van der Waals surface area contributed by atoms with E-state index in [1.165, 1.54) is 7.11 Å². The highest BCUT2D eigenvalue weighted by atomic mass is 16.7. The monoisotopic (exact) mass is 334 g/mol. The van der Waals surface area contributed by atoms with Crippen molar-refractivity contribution in [2.75, 3.05) is 7.11 Å². The van der Waals surface area contributed by atoms with Gasteiger partial charge in [-0.2, -0.15) is 0 Å². The lowest BCUT2D eigenvalue weighted by molar-refractivity contribution is -0.128. The number of fused-ring (bicyclic) bond motifs is 1. The number of phenolic OH excluding ortho intramolecular Hbond substituents is 1. The van der Waals surface area contributed by atoms with Gasteiger partial charge in [0.2, 0.25) is 5.79 Å². The number of phenols is 1. The highest BCUT2D eigenvalue weighted by molar-refractivity contribution is 6.03. The van der Waals surface area contributed by atoms with E-state index >= 15 is 0 Å². The average molecular weight is 334 g/mol. The van der Waals surface area contributed by atoms with E-state index in [2.05, 4.69) is 0 Å². The average Bonchev–Trinajstić information content (AvgIpc) is 2.45. The minimum atomic E-state index is -1.17. The summed E-state index contributed by atoms with van der Waals surface area (Å²) in [6.07, 6.45) is 3.66. The number of hydrogen-bond acceptors (Lipinski definition) is 6. The number of esters is 2. The Balaban J connectivity index is 2.89. The van der Waals surface area contributed by atoms with E-state index in [0.29, 0.717) is 5.56 Å². The summed E-state index contributed by atoms with van der Waals surface area (Å²) in [6, 6.07) is 0. The smallest absolute Gasteiger partial charge is 0.345 e. The third-order valence-electron chi connectivity index (χ3n) is 3.93. The summed E-state index contributed by atoms with van der Waals surface area (Å²) in [5.41, 5.74) is 0.715. The van der Waals surface area contributed by atoms with E-state index in [9.17, 15) is 14.7 Å². The third-order valence-corrected chi connectivity index (χ3v) is 3.93. The van der Waals surface area contributed by atoms with Gasteiger partial charge in [-0.05, 0) is 19.4 Å². The maximum absolute atomic E-state index is 12.5. The topological polar surface area (TPSA) is 82.1 Å². The van der Waals surface area contributed by atoms with Gasteiger partial charge in [0, 0.05) is 25.3 Å². The maximum Gasteiger partial charge on any atom is 0.345 e. The van der Waals surface area contributed by atoms with Crippen LogP contribution < -0.4 is 4.74 Å². The molecule has 0 saturated carbocycles. The van der Waals surface area contributed by atoms with Crippen molar-refractivity contribution in [3.05, 3.63) is 34.4 Å². The predicted molar refractivity (Wildman–Crippen MR) is 87.5 cm³/mol. The van der Waals surface area contributed by atoms with E-state index in [-0.39, 0.29) is 34.1 Å². The lowest BCUT2D eigenvalue weighted by atomic mass is 9.88. The zero-order chi connectivity index (χ0) is 18.2. The van der Waals surface area contributed by atoms with Crippen LogP contribution >= 0.6 is 0 Å². The van der Waals surface area contributed by atoms with Gasteiger partial charge in [0.1, 0.15) is 22.6 Å². The molecule has 0 saturated heterocycles. The molecule has 1 N–H and O–H groups in total. The first-order valence-electron chi connectivity index (χ1n) is 7.67. The highest BCUT2D eigenvalue weighted by Gasteiger charge is 2.40. The van der Waals surface area contributed by atoms with Gasteiger partial charge in [-0.1, -0.05) is 19.1 Å². The van der Waals surface area contributed by atoms with E-state index < -0.39 is 17.7 Å². The maximum atomic E-state index is 12.5. The second-order valence-corrected chi connectivity index (χ2v) is 6.16. The van der Waals surface area contributed by atoms with Crippen LogP contribution in [0.1, 0.15) is 65.5 Å². The molecular weight excluding hydrogens is 312 g/mol. The summed E-state index contributed by atoms with van der Waals surface area (Å²) in [7, 11) is 1.22. The van der Waals surface area contributed by atoms with Crippen LogP contribution in [0.4, 0.5) is 0 Å². The summed E-state index contributed by atoms with van der Waals surface area (Å²) < 4.78 is 15.9. The Morgan fingerprint density at radius 2 is 1.96 bits per heavy atom. The van der Waals surface area contributed by atoms with Gasteiger partial charge >= 0.3 is 11.9 Å². The molecule has 130 valence electrons. The lowest BCUT2D eigenvalue weighted by Gasteiger charge is -2.35. The molecule has 1 aromatic carbocycles. The first kappa shape index (κ1) is 17.8. The molecule has 0 fully saturated rings. The fourth-order valence-electron chi connectivity index (χ4n) is 2.90. The fraction of sp³-hybridized carbons (Fsp3) is 0.444. The van der Waals surface area contributed by atoms with Crippen LogP contribution in [-0.4, -0.2) is 29.9 Å². The summed E-state index contributed by atoms with van der Waals surface area (Å²) >= 11 is 0. The van der Waals surface area contributed by atoms with E-state index in [4.69, 9.17) is 14.2 Å². The number of benzene rings is 1. The largest absolute Gasteiger partial charge is 0.507 e. The molecule has 0 aromatic heterocycles. The molecule has 1 heterocycles. The van der Waals surface area contributed by atoms with Gasteiger partial charge in [-0.25, -0.2) is 9.59 Å². The molecular formula is C18H22O6. The van der Waals surface area contributed by atoms with Crippen molar-refractivity contribution in [1.29, 1.82) is 0 Å². The molecule has 0 bridgehead atoms. The Bertz CT molecular complexity index is 730. The zero-order valence-electron chi connectivity index (χ0n) is 14.7. The number of methoxy groups -OCH3 is 1. The van der Waals surface area contributed by atoms with Crippen molar-refractivity contribution < 1.29 is 28.9 Å². The van der Waals surface area contributed by atoms with Gasteiger partial charge < -0.3 is 19.3 Å². The van der Waals surface area contributed by atoms with Gasteiger partial charge in [-0.3, -0.25) is 0 Å². The van der Waals surface area contributed by atoms with Gasteiger partial charge in [0.25, 0.3) is 0 Å². The lowest BCUT2D eigenvalue weighted by Crippen LogP contribution is -2.40. The number of carbonyl (C=O) groups excluding carboxylic acids is 2. The Labute approximate surface area is 141 Å². The van der Waals surface area contributed by atoms with E-state index in [0.717, 1.165) is 0 Å². The Hall–Kier alpha value is -2.50. The summed E-state index contributed by atoms with van der Waals surface area (Å²) in [6.45, 7) is 8.45. The molecule has 6 nitrogen and oxygen atoms in total. The number of carbonyl (C=O) groups is 2. The van der Waals surface area contributed by atoms with Crippen LogP contribution in [0.25, 0.3) is 0 Å². The molecule has 1 aliphatic heterocycles. The Morgan fingerprint density at radius 1 is 1.33 bits per heavy atom. The molecule has 24 heavy (non-hydrogen) atoms. The number of cyclic esters (lactones) is 1. The molecule has 0 radical (unpaired) electrons. The minimum Gasteiger partial charge on any atom is -0.507 e. The van der Waals surface area contributed by atoms with E-state index in [1.54, 1.807) is 20.8 Å². The third kappa shape index (κ3) is 2.84. The van der Waals surface area contributed by atoms with Crippen LogP contribution in [-0.2, 0) is 9.47 Å². The van der Waals surface area contributed by atoms with Crippen molar-refractivity contribution in [2.45, 2.75) is 46.3 Å². The summed E-state index contributed by atoms with van der Waals surface area (Å²) in [5.74, 6) is -2.77. The zero-order valence-corrected chi connectivity index (χ0v) is 14.7. The first-order chi connectivity index (χ1) is 11.1. The van der Waals surface area contributed by atoms with Crippen molar-refractivity contribution in [2.24, 2.45) is 0 Å². The van der Waals surface area contributed by atoms with Crippen LogP contribution in [0.2, 0.25) is 0 Å². The normalized spacial score (nSPS) is 17.0. The molecule has 2 rings (SSSR count). The first-order valence-corrected chi connectivity index (χ1v) is 7.67. The fourth-order valence-corrected chi connectivity index (χ4v) is 2.90. The van der Waals surface area contributed by atoms with Crippen molar-refractivity contribution in [1.82, 2.24) is 0 Å². The number of ether oxygens (including phenoxy) is 3. The summed E-state index contributed by atoms with van der Waals surface area (Å²) in [4.78, 5) is 24.6. The molecule has 0 spiro atoms. The van der Waals surface area contributed by atoms with Crippen molar-refractivity contribution in [3.8, 4) is 11.5 Å². The van der Waals surface area contributed by atoms with Gasteiger partial charge in [0.05, 0.1) is 7.11 Å². The van der Waals surface area contributed by atoms with E-state index in [1.807, 2.05) is 26.0 Å². The molecule has 1 atom stereocenters. The molecule has 1 aliphatic rings. The SMILES string of the molecule is C/C=C/C(C)c1c(O)c(C(=O)OC)c(C)c2c1OC(C)(C)OC2=O. The predicted octanol–water partition coefficient (Wildman–Crippen LogP) is 3.45. The second kappa shape index (κ2) is 6.19. The highest BCUT2D eigenvalue weighted by Crippen LogP contribution is 2.47. The Morgan fingerprint density at radius 3 is 2.50 bits per heavy atom. The van der Waals surface area contributed by atoms with Gasteiger partial charge in [-0.15, -0.1) is 0 Å². The standard InChI is InChI=1S/C18H22O6/c1-7-8-9(2)11-14(19)12(16(20)22-6)10(3)13-15(11)23-18(4,5)24-17(13)21/h7-9,19H,1-6H3/b8-7+. The Kier molecular flexibility index (Phi) is 4.60. The molecule has 6 heteroatoms. The number of aromatic hydroxyl groups is 1. The molecule has 1 aromatic rings. The molecule has 0 amide bonds.